The van der Waals surface area contributed by atoms with E-state index in [1.165, 1.54) is 11.3 Å². The van der Waals surface area contributed by atoms with Crippen molar-refractivity contribution in [1.29, 1.82) is 0 Å². The van der Waals surface area contributed by atoms with Crippen molar-refractivity contribution in [2.75, 3.05) is 10.6 Å². The molecule has 0 bridgehead atoms. The molecule has 110 valence electrons. The molecule has 7 heteroatoms. The summed E-state index contributed by atoms with van der Waals surface area (Å²) in [5.74, 6) is -1.07. The number of halogens is 1. The van der Waals surface area contributed by atoms with Gasteiger partial charge in [-0.2, -0.15) is 0 Å². The Labute approximate surface area is 130 Å². The highest BCUT2D eigenvalue weighted by atomic mass is 35.5. The molecule has 0 saturated carbocycles. The van der Waals surface area contributed by atoms with Crippen LogP contribution >= 0.6 is 22.9 Å². The zero-order valence-electron chi connectivity index (χ0n) is 11.1. The third-order valence-corrected chi connectivity index (χ3v) is 4.10. The molecule has 1 heterocycles. The Balaban J connectivity index is 2.12. The van der Waals surface area contributed by atoms with Gasteiger partial charge in [-0.1, -0.05) is 24.6 Å². The van der Waals surface area contributed by atoms with Crippen LogP contribution in [0.15, 0.2) is 30.3 Å². The van der Waals surface area contributed by atoms with Crippen molar-refractivity contribution in [2.45, 2.75) is 13.3 Å². The first-order chi connectivity index (χ1) is 9.99. The van der Waals surface area contributed by atoms with Crippen LogP contribution in [0.2, 0.25) is 5.02 Å². The van der Waals surface area contributed by atoms with Gasteiger partial charge in [0.25, 0.3) is 0 Å². The number of carbonyl (C=O) groups excluding carboxylic acids is 1. The number of hydrogen-bond acceptors (Lipinski definition) is 3. The summed E-state index contributed by atoms with van der Waals surface area (Å²) in [5, 5.41) is 15.1. The number of amides is 2. The van der Waals surface area contributed by atoms with Crippen molar-refractivity contribution < 1.29 is 14.7 Å². The highest BCUT2D eigenvalue weighted by Gasteiger charge is 2.16. The van der Waals surface area contributed by atoms with Crippen LogP contribution in [0.4, 0.5) is 15.5 Å². The lowest BCUT2D eigenvalue weighted by atomic mass is 10.2. The number of anilines is 2. The summed E-state index contributed by atoms with van der Waals surface area (Å²) < 4.78 is 0. The van der Waals surface area contributed by atoms with E-state index in [9.17, 15) is 9.59 Å². The number of carboxylic acid groups (broad SMARTS) is 1. The van der Waals surface area contributed by atoms with Crippen LogP contribution in [0.5, 0.6) is 0 Å². The number of carboxylic acids is 1. The van der Waals surface area contributed by atoms with Gasteiger partial charge in [0.2, 0.25) is 0 Å². The van der Waals surface area contributed by atoms with Crippen molar-refractivity contribution in [3.8, 4) is 0 Å². The van der Waals surface area contributed by atoms with Crippen LogP contribution < -0.4 is 10.6 Å². The number of carbonyl (C=O) groups is 2. The molecule has 5 nitrogen and oxygen atoms in total. The quantitative estimate of drug-likeness (QED) is 0.784. The maximum atomic E-state index is 11.9. The van der Waals surface area contributed by atoms with Crippen molar-refractivity contribution in [3.05, 3.63) is 45.8 Å². The lowest BCUT2D eigenvalue weighted by Crippen LogP contribution is -2.19. The highest BCUT2D eigenvalue weighted by molar-refractivity contribution is 7.16. The molecule has 0 saturated heterocycles. The van der Waals surface area contributed by atoms with E-state index in [1.54, 1.807) is 30.3 Å². The minimum Gasteiger partial charge on any atom is -0.478 e. The number of aromatic carboxylic acids is 1. The molecule has 0 aliphatic heterocycles. The van der Waals surface area contributed by atoms with E-state index in [0.717, 1.165) is 4.88 Å². The molecule has 3 N–H and O–H groups in total. The van der Waals surface area contributed by atoms with Crippen LogP contribution in [0.25, 0.3) is 0 Å². The van der Waals surface area contributed by atoms with Gasteiger partial charge in [0.1, 0.15) is 5.00 Å². The van der Waals surface area contributed by atoms with Crippen molar-refractivity contribution in [3.63, 3.8) is 0 Å². The van der Waals surface area contributed by atoms with Crippen LogP contribution in [-0.2, 0) is 6.42 Å². The summed E-state index contributed by atoms with van der Waals surface area (Å²) in [7, 11) is 0. The van der Waals surface area contributed by atoms with Crippen LogP contribution in [0.3, 0.4) is 0 Å². The third-order valence-electron chi connectivity index (χ3n) is 2.67. The maximum Gasteiger partial charge on any atom is 0.338 e. The fourth-order valence-electron chi connectivity index (χ4n) is 1.70. The van der Waals surface area contributed by atoms with Gasteiger partial charge >= 0.3 is 12.0 Å². The highest BCUT2D eigenvalue weighted by Crippen LogP contribution is 2.28. The smallest absolute Gasteiger partial charge is 0.338 e. The fourth-order valence-corrected chi connectivity index (χ4v) is 2.87. The second-order valence-electron chi connectivity index (χ2n) is 4.20. The monoisotopic (exact) mass is 324 g/mol. The number of benzene rings is 1. The average Bonchev–Trinajstić information content (AvgIpc) is 2.81. The average molecular weight is 325 g/mol. The number of urea groups is 1. The molecule has 0 radical (unpaired) electrons. The van der Waals surface area contributed by atoms with Gasteiger partial charge in [-0.25, -0.2) is 9.59 Å². The first-order valence-corrected chi connectivity index (χ1v) is 7.38. The van der Waals surface area contributed by atoms with E-state index in [1.807, 2.05) is 6.92 Å². The van der Waals surface area contributed by atoms with Crippen LogP contribution in [0, 0.1) is 0 Å². The van der Waals surface area contributed by atoms with Gasteiger partial charge in [-0.15, -0.1) is 11.3 Å². The molecule has 2 amide bonds. The minimum atomic E-state index is -1.07. The van der Waals surface area contributed by atoms with Gasteiger partial charge in [0.15, 0.2) is 0 Å². The predicted octanol–water partition coefficient (Wildman–Crippen LogP) is 4.31. The summed E-state index contributed by atoms with van der Waals surface area (Å²) in [4.78, 5) is 24.0. The van der Waals surface area contributed by atoms with E-state index >= 15 is 0 Å². The molecule has 0 spiro atoms. The topological polar surface area (TPSA) is 78.4 Å². The lowest BCUT2D eigenvalue weighted by Gasteiger charge is -2.07. The number of rotatable bonds is 4. The largest absolute Gasteiger partial charge is 0.478 e. The minimum absolute atomic E-state index is 0.0955. The molecule has 2 rings (SSSR count). The predicted molar refractivity (Wildman–Crippen MR) is 84.7 cm³/mol. The van der Waals surface area contributed by atoms with Gasteiger partial charge in [0, 0.05) is 15.6 Å². The Morgan fingerprint density at radius 1 is 1.29 bits per heavy atom. The normalized spacial score (nSPS) is 10.2. The van der Waals surface area contributed by atoms with E-state index in [4.69, 9.17) is 16.7 Å². The number of thiophene rings is 1. The molecule has 0 atom stereocenters. The maximum absolute atomic E-state index is 11.9. The van der Waals surface area contributed by atoms with E-state index < -0.39 is 12.0 Å². The van der Waals surface area contributed by atoms with Gasteiger partial charge < -0.3 is 10.4 Å². The summed E-state index contributed by atoms with van der Waals surface area (Å²) in [6.45, 7) is 1.92. The molecular weight excluding hydrogens is 312 g/mol. The van der Waals surface area contributed by atoms with E-state index in [2.05, 4.69) is 10.6 Å². The Kier molecular flexibility index (Phi) is 4.82. The Hall–Kier alpha value is -2.05. The van der Waals surface area contributed by atoms with Crippen molar-refractivity contribution >= 4 is 45.6 Å². The molecule has 0 unspecified atom stereocenters. The van der Waals surface area contributed by atoms with E-state index in [0.29, 0.717) is 22.1 Å². The third kappa shape index (κ3) is 3.96. The fraction of sp³-hybridized carbons (Fsp3) is 0.143. The molecule has 0 fully saturated rings. The number of aryl methyl sites for hydroxylation is 1. The van der Waals surface area contributed by atoms with Crippen LogP contribution in [0.1, 0.15) is 22.2 Å². The standard InChI is InChI=1S/C14H13ClN2O3S/c1-2-10-7-11(13(18)19)12(21-10)17-14(20)16-9-5-3-4-8(15)6-9/h3-7H,2H2,1H3,(H,18,19)(H2,16,17,20). The summed E-state index contributed by atoms with van der Waals surface area (Å²) in [6, 6.07) is 7.76. The van der Waals surface area contributed by atoms with Crippen molar-refractivity contribution in [1.82, 2.24) is 0 Å². The molecule has 0 aliphatic rings. The Morgan fingerprint density at radius 3 is 2.67 bits per heavy atom. The van der Waals surface area contributed by atoms with Crippen LogP contribution in [-0.4, -0.2) is 17.1 Å². The molecular formula is C14H13ClN2O3S. The second kappa shape index (κ2) is 6.60. The van der Waals surface area contributed by atoms with Crippen molar-refractivity contribution in [2.24, 2.45) is 0 Å². The first-order valence-electron chi connectivity index (χ1n) is 6.19. The molecule has 0 aliphatic carbocycles. The molecule has 1 aromatic carbocycles. The number of hydrogen-bond donors (Lipinski definition) is 3. The molecule has 21 heavy (non-hydrogen) atoms. The van der Waals surface area contributed by atoms with Gasteiger partial charge in [0.05, 0.1) is 5.56 Å². The summed E-state index contributed by atoms with van der Waals surface area (Å²) in [5.41, 5.74) is 0.627. The Morgan fingerprint density at radius 2 is 2.05 bits per heavy atom. The molecule has 2 aromatic rings. The zero-order valence-corrected chi connectivity index (χ0v) is 12.7. The SMILES string of the molecule is CCc1cc(C(=O)O)c(NC(=O)Nc2cccc(Cl)c2)s1. The van der Waals surface area contributed by atoms with E-state index in [-0.39, 0.29) is 5.56 Å². The molecule has 1 aromatic heterocycles. The van der Waals surface area contributed by atoms with Gasteiger partial charge in [-0.3, -0.25) is 5.32 Å². The lowest BCUT2D eigenvalue weighted by molar-refractivity contribution is 0.0698. The van der Waals surface area contributed by atoms with Gasteiger partial charge in [-0.05, 0) is 30.7 Å². The Bertz CT molecular complexity index is 685. The first kappa shape index (κ1) is 15.3. The summed E-state index contributed by atoms with van der Waals surface area (Å²) in [6.07, 6.45) is 0.711. The summed E-state index contributed by atoms with van der Waals surface area (Å²) >= 11 is 7.08. The zero-order chi connectivity index (χ0) is 15.4. The second-order valence-corrected chi connectivity index (χ2v) is 5.78. The number of nitrogens with one attached hydrogen (secondary N) is 2.